The molecule has 6 heteroatoms. The van der Waals surface area contributed by atoms with Crippen molar-refractivity contribution in [2.75, 3.05) is 51.8 Å². The third kappa shape index (κ3) is 3.72. The van der Waals surface area contributed by atoms with Crippen LogP contribution in [0.25, 0.3) is 10.9 Å². The van der Waals surface area contributed by atoms with Gasteiger partial charge in [0.2, 0.25) is 0 Å². The predicted octanol–water partition coefficient (Wildman–Crippen LogP) is 3.19. The molecule has 3 heterocycles. The molecule has 0 saturated carbocycles. The Kier molecular flexibility index (Phi) is 5.24. The Morgan fingerprint density at radius 2 is 1.81 bits per heavy atom. The van der Waals surface area contributed by atoms with Crippen LogP contribution in [0.2, 0.25) is 0 Å². The maximum Gasteiger partial charge on any atom is 0.256 e. The number of carbonyl (C=O) groups is 1. The van der Waals surface area contributed by atoms with Crippen molar-refractivity contribution < 1.29 is 9.53 Å². The van der Waals surface area contributed by atoms with Crippen molar-refractivity contribution in [2.24, 2.45) is 0 Å². The summed E-state index contributed by atoms with van der Waals surface area (Å²) in [7, 11) is 3.82. The molecule has 5 rings (SSSR count). The third-order valence-electron chi connectivity index (χ3n) is 6.46. The number of carbonyl (C=O) groups excluding carboxylic acids is 1. The van der Waals surface area contributed by atoms with E-state index in [-0.39, 0.29) is 5.91 Å². The van der Waals surface area contributed by atoms with E-state index in [0.29, 0.717) is 13.1 Å². The van der Waals surface area contributed by atoms with Crippen LogP contribution in [0.4, 0.5) is 5.69 Å². The molecule has 2 aliphatic rings. The van der Waals surface area contributed by atoms with Gasteiger partial charge >= 0.3 is 0 Å². The number of benzene rings is 2. The lowest BCUT2D eigenvalue weighted by Crippen LogP contribution is -2.45. The second kappa shape index (κ2) is 8.19. The van der Waals surface area contributed by atoms with Gasteiger partial charge in [0.15, 0.2) is 0 Å². The minimum Gasteiger partial charge on any atom is -0.496 e. The van der Waals surface area contributed by atoms with Crippen molar-refractivity contribution in [3.63, 3.8) is 0 Å². The number of para-hydroxylation sites is 1. The summed E-state index contributed by atoms with van der Waals surface area (Å²) in [5, 5.41) is 1.14. The number of piperazine rings is 1. The smallest absolute Gasteiger partial charge is 0.256 e. The molecule has 0 unspecified atom stereocenters. The highest BCUT2D eigenvalue weighted by atomic mass is 16.5. The average molecular weight is 417 g/mol. The van der Waals surface area contributed by atoms with Crippen molar-refractivity contribution in [3.8, 4) is 5.75 Å². The van der Waals surface area contributed by atoms with E-state index in [4.69, 9.17) is 9.72 Å². The van der Waals surface area contributed by atoms with E-state index in [1.54, 1.807) is 7.11 Å². The van der Waals surface area contributed by atoms with Gasteiger partial charge in [-0.05, 0) is 31.3 Å². The molecule has 0 radical (unpaired) electrons. The number of anilines is 1. The summed E-state index contributed by atoms with van der Waals surface area (Å²) >= 11 is 0. The van der Waals surface area contributed by atoms with Crippen molar-refractivity contribution in [1.29, 1.82) is 0 Å². The topological polar surface area (TPSA) is 48.9 Å². The SMILES string of the molecule is COc1ccc(N2CCN(C)CC2)c2c1CN(CCc1ccc3ccccc3n1)C2=O. The third-order valence-corrected chi connectivity index (χ3v) is 6.46. The average Bonchev–Trinajstić information content (AvgIpc) is 3.14. The molecule has 0 spiro atoms. The Labute approximate surface area is 183 Å². The molecule has 2 aromatic carbocycles. The summed E-state index contributed by atoms with van der Waals surface area (Å²) in [6.07, 6.45) is 0.733. The largest absolute Gasteiger partial charge is 0.496 e. The van der Waals surface area contributed by atoms with Gasteiger partial charge < -0.3 is 19.4 Å². The van der Waals surface area contributed by atoms with Crippen molar-refractivity contribution >= 4 is 22.5 Å². The standard InChI is InChI=1S/C25H28N4O2/c1-27-13-15-28(16-14-27)22-9-10-23(31-2)20-17-29(25(30)24(20)22)12-11-19-8-7-18-5-3-4-6-21(18)26-19/h3-10H,11-17H2,1-2H3. The second-order valence-corrected chi connectivity index (χ2v) is 8.40. The maximum atomic E-state index is 13.4. The summed E-state index contributed by atoms with van der Waals surface area (Å²) in [6, 6.07) is 16.4. The zero-order valence-corrected chi connectivity index (χ0v) is 18.2. The first-order valence-corrected chi connectivity index (χ1v) is 10.9. The first kappa shape index (κ1) is 19.8. The highest BCUT2D eigenvalue weighted by Crippen LogP contribution is 2.38. The second-order valence-electron chi connectivity index (χ2n) is 8.40. The van der Waals surface area contributed by atoms with Crippen LogP contribution in [-0.4, -0.2) is 67.6 Å². The predicted molar refractivity (Wildman–Crippen MR) is 123 cm³/mol. The molecule has 1 saturated heterocycles. The Balaban J connectivity index is 1.37. The summed E-state index contributed by atoms with van der Waals surface area (Å²) in [6.45, 7) is 5.11. The molecule has 0 bridgehead atoms. The number of methoxy groups -OCH3 is 1. The Morgan fingerprint density at radius 1 is 1.00 bits per heavy atom. The molecule has 3 aromatic rings. The van der Waals surface area contributed by atoms with Crippen LogP contribution in [0.5, 0.6) is 5.75 Å². The lowest BCUT2D eigenvalue weighted by molar-refractivity contribution is 0.0780. The molecule has 2 aliphatic heterocycles. The van der Waals surface area contributed by atoms with Gasteiger partial charge in [-0.3, -0.25) is 9.78 Å². The van der Waals surface area contributed by atoms with Crippen LogP contribution >= 0.6 is 0 Å². The number of aromatic nitrogens is 1. The Morgan fingerprint density at radius 3 is 2.61 bits per heavy atom. The van der Waals surface area contributed by atoms with Gasteiger partial charge in [-0.25, -0.2) is 0 Å². The molecule has 1 amide bonds. The molecule has 6 nitrogen and oxygen atoms in total. The first-order valence-electron chi connectivity index (χ1n) is 10.9. The molecule has 0 N–H and O–H groups in total. The van der Waals surface area contributed by atoms with Crippen LogP contribution in [0, 0.1) is 0 Å². The lowest BCUT2D eigenvalue weighted by atomic mass is 10.0. The fraction of sp³-hybridized carbons (Fsp3) is 0.360. The monoisotopic (exact) mass is 416 g/mol. The summed E-state index contributed by atoms with van der Waals surface area (Å²) in [5.74, 6) is 0.899. The van der Waals surface area contributed by atoms with Crippen LogP contribution in [0.1, 0.15) is 21.6 Å². The van der Waals surface area contributed by atoms with E-state index in [1.165, 1.54) is 0 Å². The quantitative estimate of drug-likeness (QED) is 0.639. The van der Waals surface area contributed by atoms with Crippen molar-refractivity contribution in [1.82, 2.24) is 14.8 Å². The Hall–Kier alpha value is -3.12. The van der Waals surface area contributed by atoms with Crippen molar-refractivity contribution in [2.45, 2.75) is 13.0 Å². The van der Waals surface area contributed by atoms with E-state index in [1.807, 2.05) is 29.2 Å². The van der Waals surface area contributed by atoms with E-state index in [9.17, 15) is 4.79 Å². The number of fused-ring (bicyclic) bond motifs is 2. The number of likely N-dealkylation sites (N-methyl/N-ethyl adjacent to an activating group) is 1. The van der Waals surface area contributed by atoms with Crippen LogP contribution in [-0.2, 0) is 13.0 Å². The number of nitrogens with zero attached hydrogens (tertiary/aromatic N) is 4. The molecular formula is C25H28N4O2. The Bertz CT molecular complexity index is 1120. The highest BCUT2D eigenvalue weighted by molar-refractivity contribution is 6.04. The van der Waals surface area contributed by atoms with Crippen LogP contribution in [0.15, 0.2) is 48.5 Å². The number of pyridine rings is 1. The number of rotatable bonds is 5. The van der Waals surface area contributed by atoms with Gasteiger partial charge in [-0.2, -0.15) is 0 Å². The molecular weight excluding hydrogens is 388 g/mol. The van der Waals surface area contributed by atoms with Gasteiger partial charge in [-0.1, -0.05) is 24.3 Å². The molecule has 1 fully saturated rings. The number of amides is 1. The maximum absolute atomic E-state index is 13.4. The molecule has 160 valence electrons. The summed E-state index contributed by atoms with van der Waals surface area (Å²) in [5.41, 5.74) is 4.87. The zero-order chi connectivity index (χ0) is 21.4. The minimum absolute atomic E-state index is 0.101. The first-order chi connectivity index (χ1) is 15.1. The van der Waals surface area contributed by atoms with Gasteiger partial charge in [0.05, 0.1) is 30.4 Å². The summed E-state index contributed by atoms with van der Waals surface area (Å²) < 4.78 is 5.61. The molecule has 0 aliphatic carbocycles. The van der Waals surface area contributed by atoms with Crippen LogP contribution in [0.3, 0.4) is 0 Å². The van der Waals surface area contributed by atoms with Gasteiger partial charge in [0.25, 0.3) is 5.91 Å². The van der Waals surface area contributed by atoms with Gasteiger partial charge in [-0.15, -0.1) is 0 Å². The molecule has 1 aromatic heterocycles. The molecule has 0 atom stereocenters. The van der Waals surface area contributed by atoms with E-state index >= 15 is 0 Å². The normalized spacial score (nSPS) is 16.8. The zero-order valence-electron chi connectivity index (χ0n) is 18.2. The van der Waals surface area contributed by atoms with Crippen molar-refractivity contribution in [3.05, 3.63) is 65.4 Å². The van der Waals surface area contributed by atoms with E-state index < -0.39 is 0 Å². The van der Waals surface area contributed by atoms with E-state index in [0.717, 1.165) is 71.8 Å². The van der Waals surface area contributed by atoms with E-state index in [2.05, 4.69) is 41.1 Å². The fourth-order valence-corrected chi connectivity index (χ4v) is 4.61. The van der Waals surface area contributed by atoms with Crippen LogP contribution < -0.4 is 9.64 Å². The summed E-state index contributed by atoms with van der Waals surface area (Å²) in [4.78, 5) is 24.8. The lowest BCUT2D eigenvalue weighted by Gasteiger charge is -2.35. The number of hydrogen-bond donors (Lipinski definition) is 0. The molecule has 31 heavy (non-hydrogen) atoms. The number of hydrogen-bond acceptors (Lipinski definition) is 5. The minimum atomic E-state index is 0.101. The highest BCUT2D eigenvalue weighted by Gasteiger charge is 2.34. The number of ether oxygens (including phenoxy) is 1. The van der Waals surface area contributed by atoms with Gasteiger partial charge in [0.1, 0.15) is 5.75 Å². The van der Waals surface area contributed by atoms with Gasteiger partial charge in [0, 0.05) is 55.8 Å². The fourth-order valence-electron chi connectivity index (χ4n) is 4.61.